The van der Waals surface area contributed by atoms with Crippen LogP contribution in [0.15, 0.2) is 66.7 Å². The molecule has 0 radical (unpaired) electrons. The van der Waals surface area contributed by atoms with Gasteiger partial charge in [-0.25, -0.2) is 0 Å². The minimum Gasteiger partial charge on any atom is -0.496 e. The summed E-state index contributed by atoms with van der Waals surface area (Å²) < 4.78 is 16.4. The highest BCUT2D eigenvalue weighted by Crippen LogP contribution is 2.38. The number of hydrogen-bond donors (Lipinski definition) is 4. The van der Waals surface area contributed by atoms with E-state index in [2.05, 4.69) is 10.6 Å². The molecule has 0 saturated heterocycles. The Balaban J connectivity index is 1.97. The Morgan fingerprint density at radius 1 is 0.909 bits per heavy atom. The molecule has 0 heterocycles. The van der Waals surface area contributed by atoms with Gasteiger partial charge in [-0.05, 0) is 35.9 Å². The molecule has 0 aromatic heterocycles. The largest absolute Gasteiger partial charge is 0.496 e. The van der Waals surface area contributed by atoms with Gasteiger partial charge in [0.1, 0.15) is 17.6 Å². The molecule has 0 spiro atoms. The summed E-state index contributed by atoms with van der Waals surface area (Å²) in [6.07, 6.45) is 0. The van der Waals surface area contributed by atoms with Crippen LogP contribution in [-0.2, 0) is 11.3 Å². The Labute approximate surface area is 193 Å². The molecule has 0 fully saturated rings. The predicted molar refractivity (Wildman–Crippen MR) is 128 cm³/mol. The van der Waals surface area contributed by atoms with Gasteiger partial charge >= 0.3 is 0 Å². The minimum atomic E-state index is -0.799. The first-order valence-electron chi connectivity index (χ1n) is 10.3. The lowest BCUT2D eigenvalue weighted by molar-refractivity contribution is -0.122. The summed E-state index contributed by atoms with van der Waals surface area (Å²) in [6.45, 7) is 0.372. The molecule has 8 nitrogen and oxygen atoms in total. The van der Waals surface area contributed by atoms with Crippen LogP contribution in [-0.4, -0.2) is 33.1 Å². The Hall–Kier alpha value is -4.20. The first-order chi connectivity index (χ1) is 16.0. The van der Waals surface area contributed by atoms with Crippen molar-refractivity contribution in [3.05, 3.63) is 83.4 Å². The van der Waals surface area contributed by atoms with E-state index in [-0.39, 0.29) is 11.7 Å². The zero-order valence-corrected chi connectivity index (χ0v) is 18.8. The Bertz CT molecular complexity index is 1100. The third kappa shape index (κ3) is 5.74. The molecule has 1 atom stereocenters. The maximum Gasteiger partial charge on any atom is 0.247 e. The van der Waals surface area contributed by atoms with Crippen LogP contribution in [0.25, 0.3) is 0 Å². The first-order valence-corrected chi connectivity index (χ1v) is 10.3. The van der Waals surface area contributed by atoms with Crippen molar-refractivity contribution in [2.45, 2.75) is 12.6 Å². The fraction of sp³-hybridized carbons (Fsp3) is 0.200. The number of anilines is 1. The van der Waals surface area contributed by atoms with Gasteiger partial charge in [-0.15, -0.1) is 0 Å². The van der Waals surface area contributed by atoms with E-state index >= 15 is 0 Å². The third-order valence-corrected chi connectivity index (χ3v) is 5.13. The summed E-state index contributed by atoms with van der Waals surface area (Å²) >= 11 is 0. The van der Waals surface area contributed by atoms with Gasteiger partial charge in [0.15, 0.2) is 11.5 Å². The number of ether oxygens (including phenoxy) is 3. The van der Waals surface area contributed by atoms with Crippen LogP contribution in [0.4, 0.5) is 5.69 Å². The van der Waals surface area contributed by atoms with Gasteiger partial charge < -0.3 is 30.6 Å². The molecule has 0 bridgehead atoms. The smallest absolute Gasteiger partial charge is 0.247 e. The van der Waals surface area contributed by atoms with E-state index in [0.29, 0.717) is 40.6 Å². The number of nitrogens with one attached hydrogen (secondary N) is 3. The molecule has 3 aromatic rings. The van der Waals surface area contributed by atoms with Gasteiger partial charge in [-0.3, -0.25) is 10.2 Å². The van der Waals surface area contributed by atoms with Crippen LogP contribution in [0.2, 0.25) is 0 Å². The summed E-state index contributed by atoms with van der Waals surface area (Å²) in [5.41, 5.74) is 8.38. The van der Waals surface area contributed by atoms with Crippen LogP contribution >= 0.6 is 0 Å². The second-order valence-corrected chi connectivity index (χ2v) is 7.22. The number of carbonyl (C=O) groups excluding carboxylic acids is 1. The zero-order chi connectivity index (χ0) is 23.8. The lowest BCUT2D eigenvalue weighted by Gasteiger charge is -2.23. The minimum absolute atomic E-state index is 0.0275. The monoisotopic (exact) mass is 448 g/mol. The molecule has 3 aromatic carbocycles. The van der Waals surface area contributed by atoms with Gasteiger partial charge in [-0.1, -0.05) is 30.3 Å². The Morgan fingerprint density at radius 3 is 2.09 bits per heavy atom. The highest BCUT2D eigenvalue weighted by molar-refractivity contribution is 5.95. The average Bonchev–Trinajstić information content (AvgIpc) is 2.85. The molecule has 8 heteroatoms. The number of hydrogen-bond acceptors (Lipinski definition) is 6. The first kappa shape index (κ1) is 23.5. The van der Waals surface area contributed by atoms with Crippen LogP contribution < -0.4 is 30.6 Å². The number of benzene rings is 3. The second-order valence-electron chi connectivity index (χ2n) is 7.22. The van der Waals surface area contributed by atoms with Crippen molar-refractivity contribution in [2.24, 2.45) is 5.73 Å². The molecule has 5 N–H and O–H groups in total. The fourth-order valence-corrected chi connectivity index (χ4v) is 3.36. The third-order valence-electron chi connectivity index (χ3n) is 5.13. The molecule has 0 aliphatic carbocycles. The summed E-state index contributed by atoms with van der Waals surface area (Å²) in [6, 6.07) is 19.2. The average molecular weight is 449 g/mol. The van der Waals surface area contributed by atoms with Crippen LogP contribution in [0.1, 0.15) is 22.7 Å². The summed E-state index contributed by atoms with van der Waals surface area (Å²) in [5.74, 6) is 1.16. The molecular weight excluding hydrogens is 420 g/mol. The SMILES string of the molecule is COc1cc(OC)c([C@@H](Nc2ccc(C(=N)N)cc2)C(=O)NCc2ccccc2)cc1OC. The van der Waals surface area contributed by atoms with Crippen LogP contribution in [0, 0.1) is 5.41 Å². The van der Waals surface area contributed by atoms with E-state index in [1.54, 1.807) is 36.4 Å². The van der Waals surface area contributed by atoms with E-state index < -0.39 is 6.04 Å². The highest BCUT2D eigenvalue weighted by atomic mass is 16.5. The number of rotatable bonds is 10. The van der Waals surface area contributed by atoms with E-state index in [1.807, 2.05) is 30.3 Å². The topological polar surface area (TPSA) is 119 Å². The predicted octanol–water partition coefficient (Wildman–Crippen LogP) is 3.47. The number of nitrogens with two attached hydrogens (primary N) is 1. The molecule has 0 saturated carbocycles. The molecular formula is C25H28N4O4. The lowest BCUT2D eigenvalue weighted by Crippen LogP contribution is -2.33. The van der Waals surface area contributed by atoms with Crippen LogP contribution in [0.3, 0.4) is 0 Å². The normalized spacial score (nSPS) is 11.2. The summed E-state index contributed by atoms with van der Waals surface area (Å²) in [5, 5.41) is 13.8. The highest BCUT2D eigenvalue weighted by Gasteiger charge is 2.26. The van der Waals surface area contributed by atoms with Crippen molar-refractivity contribution >= 4 is 17.4 Å². The number of amidine groups is 1. The van der Waals surface area contributed by atoms with Gasteiger partial charge in [-0.2, -0.15) is 0 Å². The summed E-state index contributed by atoms with van der Waals surface area (Å²) in [4.78, 5) is 13.4. The molecule has 33 heavy (non-hydrogen) atoms. The maximum atomic E-state index is 13.4. The standard InChI is InChI=1S/C25H28N4O4/c1-31-20-14-22(33-3)21(32-2)13-19(20)23(25(30)28-15-16-7-5-4-6-8-16)29-18-11-9-17(10-12-18)24(26)27/h4-14,23,29H,15H2,1-3H3,(H3,26,27)(H,28,30)/t23-/m1/s1. The second kappa shape index (κ2) is 10.9. The van der Waals surface area contributed by atoms with Crippen molar-refractivity contribution < 1.29 is 19.0 Å². The van der Waals surface area contributed by atoms with Crippen molar-refractivity contribution in [1.29, 1.82) is 5.41 Å². The molecule has 3 rings (SSSR count). The zero-order valence-electron chi connectivity index (χ0n) is 18.8. The molecule has 1 amide bonds. The molecule has 0 aliphatic rings. The van der Waals surface area contributed by atoms with Crippen LogP contribution in [0.5, 0.6) is 17.2 Å². The van der Waals surface area contributed by atoms with Crippen molar-refractivity contribution in [3.63, 3.8) is 0 Å². The number of carbonyl (C=O) groups is 1. The lowest BCUT2D eigenvalue weighted by atomic mass is 10.0. The van der Waals surface area contributed by atoms with Gasteiger partial charge in [0.25, 0.3) is 0 Å². The Kier molecular flexibility index (Phi) is 7.75. The summed E-state index contributed by atoms with van der Waals surface area (Å²) in [7, 11) is 4.60. The number of methoxy groups -OCH3 is 3. The van der Waals surface area contributed by atoms with E-state index in [9.17, 15) is 4.79 Å². The molecule has 0 unspecified atom stereocenters. The molecule has 172 valence electrons. The van der Waals surface area contributed by atoms with E-state index in [4.69, 9.17) is 25.4 Å². The Morgan fingerprint density at radius 2 is 1.52 bits per heavy atom. The van der Waals surface area contributed by atoms with Gasteiger partial charge in [0.05, 0.1) is 21.3 Å². The van der Waals surface area contributed by atoms with Crippen molar-refractivity contribution in [2.75, 3.05) is 26.6 Å². The van der Waals surface area contributed by atoms with E-state index in [0.717, 1.165) is 5.56 Å². The number of nitrogen functional groups attached to an aromatic ring is 1. The molecule has 0 aliphatic heterocycles. The fourth-order valence-electron chi connectivity index (χ4n) is 3.36. The van der Waals surface area contributed by atoms with Crippen molar-refractivity contribution in [1.82, 2.24) is 5.32 Å². The van der Waals surface area contributed by atoms with E-state index in [1.165, 1.54) is 21.3 Å². The van der Waals surface area contributed by atoms with Gasteiger partial charge in [0.2, 0.25) is 5.91 Å². The van der Waals surface area contributed by atoms with Crippen molar-refractivity contribution in [3.8, 4) is 17.2 Å². The maximum absolute atomic E-state index is 13.4. The van der Waals surface area contributed by atoms with Gasteiger partial charge in [0, 0.05) is 29.4 Å². The number of amides is 1. The quantitative estimate of drug-likeness (QED) is 0.279.